The number of thiol groups is 1. The summed E-state index contributed by atoms with van der Waals surface area (Å²) in [7, 11) is 1.19. The van der Waals surface area contributed by atoms with Gasteiger partial charge >= 0.3 is 11.9 Å². The van der Waals surface area contributed by atoms with Crippen LogP contribution in [0.1, 0.15) is 20.8 Å². The average molecular weight is 277 g/mol. The van der Waals surface area contributed by atoms with E-state index in [2.05, 4.69) is 17.4 Å². The van der Waals surface area contributed by atoms with Gasteiger partial charge in [0.25, 0.3) is 0 Å². The third kappa shape index (κ3) is 3.90. The number of carbonyl (C=O) groups is 3. The molecule has 0 aliphatic carbocycles. The Labute approximate surface area is 112 Å². The molecule has 0 aromatic carbocycles. The summed E-state index contributed by atoms with van der Waals surface area (Å²) in [5.41, 5.74) is -1.33. The van der Waals surface area contributed by atoms with Gasteiger partial charge < -0.3 is 14.7 Å². The Morgan fingerprint density at radius 2 is 1.89 bits per heavy atom. The maximum absolute atomic E-state index is 12.1. The molecule has 1 N–H and O–H groups in total. The first-order valence-corrected chi connectivity index (χ1v) is 6.04. The van der Waals surface area contributed by atoms with Gasteiger partial charge in [-0.2, -0.15) is 12.6 Å². The van der Waals surface area contributed by atoms with Crippen LogP contribution in [-0.4, -0.2) is 52.8 Å². The highest BCUT2D eigenvalue weighted by molar-refractivity contribution is 7.80. The molecule has 0 rings (SSSR count). The van der Waals surface area contributed by atoms with Crippen LogP contribution < -0.4 is 0 Å². The predicted molar refractivity (Wildman–Crippen MR) is 68.5 cm³/mol. The summed E-state index contributed by atoms with van der Waals surface area (Å²) < 4.78 is 4.60. The van der Waals surface area contributed by atoms with E-state index in [1.54, 1.807) is 6.92 Å². The lowest BCUT2D eigenvalue weighted by atomic mass is 10.0. The second kappa shape index (κ2) is 6.63. The molecule has 0 bridgehead atoms. The van der Waals surface area contributed by atoms with Crippen LogP contribution in [0.15, 0.2) is 0 Å². The predicted octanol–water partition coefficient (Wildman–Crippen LogP) is 0.417. The van der Waals surface area contributed by atoms with Gasteiger partial charge in [0.1, 0.15) is 12.1 Å². The average Bonchev–Trinajstić information content (AvgIpc) is 2.32. The number of hydrogen-bond donors (Lipinski definition) is 2. The summed E-state index contributed by atoms with van der Waals surface area (Å²) in [6.07, 6.45) is 0. The molecule has 0 saturated carbocycles. The molecule has 0 fully saturated rings. The minimum atomic E-state index is -1.33. The number of esters is 1. The summed E-state index contributed by atoms with van der Waals surface area (Å²) >= 11 is 4.00. The van der Waals surface area contributed by atoms with Gasteiger partial charge in [-0.25, -0.2) is 4.79 Å². The quantitative estimate of drug-likeness (QED) is 0.543. The van der Waals surface area contributed by atoms with E-state index in [1.165, 1.54) is 21.0 Å². The van der Waals surface area contributed by atoms with Gasteiger partial charge in [-0.3, -0.25) is 9.59 Å². The van der Waals surface area contributed by atoms with E-state index in [0.29, 0.717) is 0 Å². The Bertz CT molecular complexity index is 342. The van der Waals surface area contributed by atoms with E-state index in [9.17, 15) is 14.4 Å². The number of methoxy groups -OCH3 is 1. The molecule has 0 aliphatic rings. The normalized spacial score (nSPS) is 12.7. The molecule has 18 heavy (non-hydrogen) atoms. The summed E-state index contributed by atoms with van der Waals surface area (Å²) in [6.45, 7) is 3.96. The van der Waals surface area contributed by atoms with Crippen molar-refractivity contribution in [3.05, 3.63) is 0 Å². The number of rotatable bonds is 6. The van der Waals surface area contributed by atoms with Crippen molar-refractivity contribution < 1.29 is 24.2 Å². The minimum absolute atomic E-state index is 0.270. The largest absolute Gasteiger partial charge is 0.480 e. The van der Waals surface area contributed by atoms with Crippen LogP contribution >= 0.6 is 12.6 Å². The van der Waals surface area contributed by atoms with Crippen molar-refractivity contribution >= 4 is 30.5 Å². The van der Waals surface area contributed by atoms with Gasteiger partial charge in [-0.1, -0.05) is 6.92 Å². The summed E-state index contributed by atoms with van der Waals surface area (Å²) in [4.78, 5) is 35.5. The van der Waals surface area contributed by atoms with Gasteiger partial charge in [0.2, 0.25) is 5.91 Å². The van der Waals surface area contributed by atoms with Crippen molar-refractivity contribution in [3.8, 4) is 0 Å². The van der Waals surface area contributed by atoms with E-state index >= 15 is 0 Å². The lowest BCUT2D eigenvalue weighted by molar-refractivity contribution is -0.163. The van der Waals surface area contributed by atoms with Crippen LogP contribution in [0.25, 0.3) is 0 Å². The molecule has 0 aromatic rings. The monoisotopic (exact) mass is 277 g/mol. The molecule has 0 unspecified atom stereocenters. The highest BCUT2D eigenvalue weighted by Gasteiger charge is 2.41. The molecule has 1 amide bonds. The zero-order chi connectivity index (χ0) is 14.5. The molecule has 0 spiro atoms. The second-order valence-corrected chi connectivity index (χ2v) is 4.82. The SMILES string of the molecule is COC(=O)C(C)(C)N(CC(=O)O)C(=O)[C@H](C)CS. The van der Waals surface area contributed by atoms with Crippen LogP contribution in [-0.2, 0) is 19.1 Å². The number of amides is 1. The van der Waals surface area contributed by atoms with Crippen molar-refractivity contribution in [3.63, 3.8) is 0 Å². The molecule has 1 atom stereocenters. The molecule has 0 aliphatic heterocycles. The number of hydrogen-bond acceptors (Lipinski definition) is 5. The molecule has 7 heteroatoms. The van der Waals surface area contributed by atoms with E-state index in [-0.39, 0.29) is 5.75 Å². The lowest BCUT2D eigenvalue weighted by Gasteiger charge is -2.36. The number of nitrogens with zero attached hydrogens (tertiary/aromatic N) is 1. The zero-order valence-electron chi connectivity index (χ0n) is 11.0. The summed E-state index contributed by atoms with van der Waals surface area (Å²) in [5, 5.41) is 8.84. The third-order valence-corrected chi connectivity index (χ3v) is 3.16. The molecular weight excluding hydrogens is 258 g/mol. The van der Waals surface area contributed by atoms with Crippen LogP contribution in [0.3, 0.4) is 0 Å². The van der Waals surface area contributed by atoms with Gasteiger partial charge in [0.15, 0.2) is 0 Å². The second-order valence-electron chi connectivity index (χ2n) is 4.45. The Kier molecular flexibility index (Phi) is 6.17. The summed E-state index contributed by atoms with van der Waals surface area (Å²) in [5.74, 6) is -2.50. The maximum atomic E-state index is 12.1. The fraction of sp³-hybridized carbons (Fsp3) is 0.727. The number of carbonyl (C=O) groups excluding carboxylic acids is 2. The van der Waals surface area contributed by atoms with Gasteiger partial charge in [0, 0.05) is 11.7 Å². The van der Waals surface area contributed by atoms with Gasteiger partial charge in [-0.05, 0) is 13.8 Å². The number of aliphatic carboxylic acids is 1. The topological polar surface area (TPSA) is 83.9 Å². The van der Waals surface area contributed by atoms with E-state index < -0.39 is 35.8 Å². The lowest BCUT2D eigenvalue weighted by Crippen LogP contribution is -2.56. The highest BCUT2D eigenvalue weighted by atomic mass is 32.1. The Morgan fingerprint density at radius 3 is 2.22 bits per heavy atom. The van der Waals surface area contributed by atoms with Crippen molar-refractivity contribution in [2.45, 2.75) is 26.3 Å². The smallest absolute Gasteiger partial charge is 0.331 e. The van der Waals surface area contributed by atoms with Crippen LogP contribution in [0, 0.1) is 5.92 Å². The first-order chi connectivity index (χ1) is 8.18. The fourth-order valence-electron chi connectivity index (χ4n) is 1.39. The Balaban J connectivity index is 5.28. The van der Waals surface area contributed by atoms with E-state index in [4.69, 9.17) is 5.11 Å². The standard InChI is InChI=1S/C11H19NO5S/c1-7(6-18)9(15)12(5-8(13)14)11(2,3)10(16)17-4/h7,18H,5-6H2,1-4H3,(H,13,14)/t7-/m1/s1. The summed E-state index contributed by atoms with van der Waals surface area (Å²) in [6, 6.07) is 0. The Morgan fingerprint density at radius 1 is 1.39 bits per heavy atom. The van der Waals surface area contributed by atoms with Gasteiger partial charge in [0.05, 0.1) is 7.11 Å². The number of carboxylic acids is 1. The Hall–Kier alpha value is -1.24. The first kappa shape index (κ1) is 16.8. The number of carboxylic acid groups (broad SMARTS) is 1. The van der Waals surface area contributed by atoms with Crippen LogP contribution in [0.2, 0.25) is 0 Å². The van der Waals surface area contributed by atoms with Crippen molar-refractivity contribution in [2.75, 3.05) is 19.4 Å². The van der Waals surface area contributed by atoms with E-state index in [0.717, 1.165) is 4.90 Å². The molecule has 0 heterocycles. The molecule has 104 valence electrons. The highest BCUT2D eigenvalue weighted by Crippen LogP contribution is 2.19. The molecular formula is C11H19NO5S. The third-order valence-electron chi connectivity index (χ3n) is 2.61. The number of ether oxygens (including phenoxy) is 1. The molecule has 6 nitrogen and oxygen atoms in total. The molecule has 0 aromatic heterocycles. The van der Waals surface area contributed by atoms with Crippen LogP contribution in [0.5, 0.6) is 0 Å². The van der Waals surface area contributed by atoms with Gasteiger partial charge in [-0.15, -0.1) is 0 Å². The first-order valence-electron chi connectivity index (χ1n) is 5.41. The van der Waals surface area contributed by atoms with Crippen molar-refractivity contribution in [1.82, 2.24) is 4.90 Å². The maximum Gasteiger partial charge on any atom is 0.331 e. The minimum Gasteiger partial charge on any atom is -0.480 e. The fourth-order valence-corrected chi connectivity index (χ4v) is 1.55. The molecule has 0 saturated heterocycles. The van der Waals surface area contributed by atoms with Crippen molar-refractivity contribution in [1.29, 1.82) is 0 Å². The van der Waals surface area contributed by atoms with Crippen molar-refractivity contribution in [2.24, 2.45) is 5.92 Å². The van der Waals surface area contributed by atoms with Crippen LogP contribution in [0.4, 0.5) is 0 Å². The zero-order valence-corrected chi connectivity index (χ0v) is 11.9. The molecule has 0 radical (unpaired) electrons. The van der Waals surface area contributed by atoms with E-state index in [1.807, 2.05) is 0 Å².